The number of hydrogen-bond acceptors (Lipinski definition) is 4. The van der Waals surface area contributed by atoms with E-state index in [4.69, 9.17) is 0 Å². The zero-order chi connectivity index (χ0) is 10.1. The summed E-state index contributed by atoms with van der Waals surface area (Å²) < 4.78 is 0. The Bertz CT molecular complexity index is 386. The molecule has 2 rings (SSSR count). The molecule has 0 fully saturated rings. The average Bonchev–Trinajstić information content (AvgIpc) is 2.47. The molecule has 0 saturated carbocycles. The number of hydrazone groups is 1. The van der Waals surface area contributed by atoms with Crippen LogP contribution < -0.4 is 5.01 Å². The topological polar surface area (TPSA) is 48.7 Å². The van der Waals surface area contributed by atoms with Crippen molar-refractivity contribution >= 4 is 11.5 Å². The molecule has 1 aliphatic rings. The van der Waals surface area contributed by atoms with Gasteiger partial charge in [-0.25, -0.2) is 9.99 Å². The van der Waals surface area contributed by atoms with Crippen molar-refractivity contribution in [3.8, 4) is 0 Å². The van der Waals surface area contributed by atoms with Gasteiger partial charge in [0.2, 0.25) is 0 Å². The minimum absolute atomic E-state index is 0.621. The normalized spacial score (nSPS) is 21.3. The van der Waals surface area contributed by atoms with Crippen molar-refractivity contribution in [1.82, 2.24) is 4.98 Å². The van der Waals surface area contributed by atoms with Crippen LogP contribution in [0.2, 0.25) is 0 Å². The Hall–Kier alpha value is -1.68. The van der Waals surface area contributed by atoms with Crippen molar-refractivity contribution in [2.24, 2.45) is 5.10 Å². The Kier molecular flexibility index (Phi) is 2.05. The maximum atomic E-state index is 9.75. The van der Waals surface area contributed by atoms with Gasteiger partial charge >= 0.3 is 0 Å². The summed E-state index contributed by atoms with van der Waals surface area (Å²) in [5.74, 6) is 0.623. The van der Waals surface area contributed by atoms with Crippen molar-refractivity contribution in [3.63, 3.8) is 0 Å². The molecule has 1 aromatic rings. The summed E-state index contributed by atoms with van der Waals surface area (Å²) >= 11 is 0. The number of anilines is 1. The Balaban J connectivity index is 2.34. The molecule has 72 valence electrons. The zero-order valence-electron chi connectivity index (χ0n) is 7.88. The largest absolute Gasteiger partial charge is 0.368 e. The fraction of sp³-hybridized carbons (Fsp3) is 0.200. The standard InChI is InChI=1S/C10H11N3O/c1-7-8(2)12-13(10(7)14)9-5-3-4-6-11-9/h3-6,10,14H,1H2,2H3. The van der Waals surface area contributed by atoms with Crippen LogP contribution in [0.4, 0.5) is 5.82 Å². The summed E-state index contributed by atoms with van der Waals surface area (Å²) in [6.07, 6.45) is 0.874. The second-order valence-corrected chi connectivity index (χ2v) is 3.12. The molecule has 0 saturated heterocycles. The van der Waals surface area contributed by atoms with E-state index in [1.807, 2.05) is 19.1 Å². The highest BCUT2D eigenvalue weighted by molar-refractivity contribution is 6.01. The summed E-state index contributed by atoms with van der Waals surface area (Å²) in [5.41, 5.74) is 1.36. The van der Waals surface area contributed by atoms with Crippen molar-refractivity contribution < 1.29 is 5.11 Å². The fourth-order valence-electron chi connectivity index (χ4n) is 1.28. The van der Waals surface area contributed by atoms with Crippen molar-refractivity contribution in [1.29, 1.82) is 0 Å². The molecule has 1 aliphatic heterocycles. The van der Waals surface area contributed by atoms with Gasteiger partial charge in [0.05, 0.1) is 5.71 Å². The highest BCUT2D eigenvalue weighted by atomic mass is 16.3. The third kappa shape index (κ3) is 1.29. The predicted octanol–water partition coefficient (Wildman–Crippen LogP) is 1.15. The van der Waals surface area contributed by atoms with Crippen LogP contribution in [0.15, 0.2) is 41.6 Å². The zero-order valence-corrected chi connectivity index (χ0v) is 7.88. The number of rotatable bonds is 1. The SMILES string of the molecule is C=C1C(C)=NN(c2ccccn2)C1O. The highest BCUT2D eigenvalue weighted by Crippen LogP contribution is 2.23. The summed E-state index contributed by atoms with van der Waals surface area (Å²) in [4.78, 5) is 4.10. The molecule has 4 nitrogen and oxygen atoms in total. The van der Waals surface area contributed by atoms with E-state index >= 15 is 0 Å². The third-order valence-corrected chi connectivity index (χ3v) is 2.15. The van der Waals surface area contributed by atoms with Crippen LogP contribution >= 0.6 is 0 Å². The lowest BCUT2D eigenvalue weighted by Gasteiger charge is -2.17. The molecule has 0 amide bonds. The molecule has 14 heavy (non-hydrogen) atoms. The number of aliphatic hydroxyl groups is 1. The van der Waals surface area contributed by atoms with Crippen LogP contribution in [0, 0.1) is 0 Å². The second-order valence-electron chi connectivity index (χ2n) is 3.12. The van der Waals surface area contributed by atoms with E-state index in [9.17, 15) is 5.11 Å². The predicted molar refractivity (Wildman–Crippen MR) is 55.0 cm³/mol. The molecule has 0 bridgehead atoms. The van der Waals surface area contributed by atoms with Gasteiger partial charge in [0, 0.05) is 11.8 Å². The molecule has 0 spiro atoms. The smallest absolute Gasteiger partial charge is 0.176 e. The van der Waals surface area contributed by atoms with Crippen LogP contribution in [0.1, 0.15) is 6.92 Å². The second kappa shape index (κ2) is 3.23. The van der Waals surface area contributed by atoms with Crippen molar-refractivity contribution in [2.75, 3.05) is 5.01 Å². The van der Waals surface area contributed by atoms with Gasteiger partial charge in [-0.05, 0) is 19.1 Å². The van der Waals surface area contributed by atoms with Crippen molar-refractivity contribution in [3.05, 3.63) is 36.5 Å². The van der Waals surface area contributed by atoms with Crippen LogP contribution in [-0.2, 0) is 0 Å². The average molecular weight is 189 g/mol. The Morgan fingerprint density at radius 3 is 2.79 bits per heavy atom. The van der Waals surface area contributed by atoms with Gasteiger partial charge in [-0.2, -0.15) is 5.10 Å². The minimum atomic E-state index is -0.787. The molecule has 1 unspecified atom stereocenters. The van der Waals surface area contributed by atoms with Crippen LogP contribution in [0.25, 0.3) is 0 Å². The quantitative estimate of drug-likeness (QED) is 0.721. The molecule has 1 atom stereocenters. The van der Waals surface area contributed by atoms with E-state index in [2.05, 4.69) is 16.7 Å². The Morgan fingerprint density at radius 2 is 2.29 bits per heavy atom. The third-order valence-electron chi connectivity index (χ3n) is 2.15. The first-order chi connectivity index (χ1) is 6.70. The first kappa shape index (κ1) is 8.90. The molecular weight excluding hydrogens is 178 g/mol. The number of aromatic nitrogens is 1. The molecule has 0 aromatic carbocycles. The lowest BCUT2D eigenvalue weighted by Crippen LogP contribution is -2.27. The molecule has 1 N–H and O–H groups in total. The maximum absolute atomic E-state index is 9.75. The lowest BCUT2D eigenvalue weighted by atomic mass is 10.2. The van der Waals surface area contributed by atoms with E-state index in [-0.39, 0.29) is 0 Å². The summed E-state index contributed by atoms with van der Waals surface area (Å²) in [5, 5.41) is 15.4. The first-order valence-corrected chi connectivity index (χ1v) is 4.33. The summed E-state index contributed by atoms with van der Waals surface area (Å²) in [6, 6.07) is 5.46. The van der Waals surface area contributed by atoms with Gasteiger partial charge in [-0.3, -0.25) is 0 Å². The Morgan fingerprint density at radius 1 is 1.50 bits per heavy atom. The van der Waals surface area contributed by atoms with E-state index in [0.29, 0.717) is 11.4 Å². The molecule has 1 aromatic heterocycles. The summed E-state index contributed by atoms with van der Waals surface area (Å²) in [7, 11) is 0. The van der Waals surface area contributed by atoms with Crippen LogP contribution in [0.5, 0.6) is 0 Å². The van der Waals surface area contributed by atoms with E-state index in [1.165, 1.54) is 5.01 Å². The monoisotopic (exact) mass is 189 g/mol. The van der Waals surface area contributed by atoms with Gasteiger partial charge in [-0.1, -0.05) is 12.6 Å². The van der Waals surface area contributed by atoms with Gasteiger partial charge in [0.25, 0.3) is 0 Å². The van der Waals surface area contributed by atoms with Gasteiger partial charge in [-0.15, -0.1) is 0 Å². The molecule has 0 aliphatic carbocycles. The van der Waals surface area contributed by atoms with Crippen LogP contribution in [-0.4, -0.2) is 22.0 Å². The number of nitrogens with zero attached hydrogens (tertiary/aromatic N) is 3. The maximum Gasteiger partial charge on any atom is 0.176 e. The van der Waals surface area contributed by atoms with Crippen LogP contribution in [0.3, 0.4) is 0 Å². The highest BCUT2D eigenvalue weighted by Gasteiger charge is 2.27. The number of aliphatic hydroxyl groups excluding tert-OH is 1. The Labute approximate surface area is 82.2 Å². The fourth-order valence-corrected chi connectivity index (χ4v) is 1.28. The van der Waals surface area contributed by atoms with E-state index in [1.54, 1.807) is 12.3 Å². The minimum Gasteiger partial charge on any atom is -0.368 e. The van der Waals surface area contributed by atoms with E-state index < -0.39 is 6.23 Å². The molecule has 4 heteroatoms. The van der Waals surface area contributed by atoms with Gasteiger partial charge in [0.15, 0.2) is 12.0 Å². The van der Waals surface area contributed by atoms with E-state index in [0.717, 1.165) is 5.71 Å². The van der Waals surface area contributed by atoms with Gasteiger partial charge in [0.1, 0.15) is 0 Å². The summed E-state index contributed by atoms with van der Waals surface area (Å²) in [6.45, 7) is 5.56. The molecular formula is C10H11N3O. The lowest BCUT2D eigenvalue weighted by molar-refractivity contribution is 0.217. The first-order valence-electron chi connectivity index (χ1n) is 4.33. The molecule has 0 radical (unpaired) electrons. The van der Waals surface area contributed by atoms with Gasteiger partial charge < -0.3 is 5.11 Å². The van der Waals surface area contributed by atoms with Crippen molar-refractivity contribution in [2.45, 2.75) is 13.2 Å². The molecule has 2 heterocycles. The number of hydrogen-bond donors (Lipinski definition) is 1. The number of pyridine rings is 1.